The molecule has 4 heteroatoms. The van der Waals surface area contributed by atoms with Crippen LogP contribution in [0.1, 0.15) is 13.8 Å². The lowest BCUT2D eigenvalue weighted by Crippen LogP contribution is -2.05. The van der Waals surface area contributed by atoms with Crippen LogP contribution in [0.3, 0.4) is 0 Å². The maximum absolute atomic E-state index is 13.4. The van der Waals surface area contributed by atoms with Gasteiger partial charge in [-0.2, -0.15) is 0 Å². The molecule has 0 heterocycles. The number of hydrogen-bond donors (Lipinski definition) is 1. The van der Waals surface area contributed by atoms with Gasteiger partial charge in [-0.15, -0.1) is 0 Å². The number of halogens is 2. The van der Waals surface area contributed by atoms with Crippen molar-refractivity contribution in [3.8, 4) is 16.9 Å². The second-order valence-corrected chi connectivity index (χ2v) is 4.95. The van der Waals surface area contributed by atoms with E-state index in [2.05, 4.69) is 0 Å². The minimum absolute atomic E-state index is 0.0729. The van der Waals surface area contributed by atoms with Crippen LogP contribution in [0, 0.1) is 5.82 Å². The quantitative estimate of drug-likeness (QED) is 0.839. The summed E-state index contributed by atoms with van der Waals surface area (Å²) in [5.41, 5.74) is 7.60. The van der Waals surface area contributed by atoms with Crippen LogP contribution in [-0.4, -0.2) is 6.10 Å². The van der Waals surface area contributed by atoms with E-state index in [0.717, 1.165) is 5.56 Å². The molecule has 2 rings (SSSR count). The molecule has 0 aromatic heterocycles. The molecule has 0 aliphatic rings. The van der Waals surface area contributed by atoms with E-state index >= 15 is 0 Å². The highest BCUT2D eigenvalue weighted by atomic mass is 35.5. The van der Waals surface area contributed by atoms with Crippen LogP contribution in [0.25, 0.3) is 11.1 Å². The van der Waals surface area contributed by atoms with Gasteiger partial charge in [-0.1, -0.05) is 23.7 Å². The van der Waals surface area contributed by atoms with Crippen molar-refractivity contribution in [3.63, 3.8) is 0 Å². The van der Waals surface area contributed by atoms with E-state index in [0.29, 0.717) is 17.0 Å². The molecule has 2 nitrogen and oxygen atoms in total. The fraction of sp³-hybridized carbons (Fsp3) is 0.200. The molecule has 0 atom stereocenters. The first-order valence-corrected chi connectivity index (χ1v) is 6.37. The Morgan fingerprint density at radius 1 is 1.21 bits per heavy atom. The van der Waals surface area contributed by atoms with E-state index in [-0.39, 0.29) is 11.1 Å². The first kappa shape index (κ1) is 13.7. The third-order valence-electron chi connectivity index (χ3n) is 2.61. The molecule has 2 aromatic rings. The minimum Gasteiger partial charge on any atom is -0.491 e. The molecule has 2 N–H and O–H groups in total. The zero-order chi connectivity index (χ0) is 14.0. The van der Waals surface area contributed by atoms with Crippen LogP contribution in [0.2, 0.25) is 5.02 Å². The number of anilines is 1. The van der Waals surface area contributed by atoms with E-state index in [1.807, 2.05) is 38.1 Å². The van der Waals surface area contributed by atoms with Crippen molar-refractivity contribution in [2.45, 2.75) is 20.0 Å². The van der Waals surface area contributed by atoms with E-state index < -0.39 is 5.82 Å². The number of nitrogen functional groups attached to an aromatic ring is 1. The van der Waals surface area contributed by atoms with Crippen LogP contribution < -0.4 is 10.5 Å². The van der Waals surface area contributed by atoms with Crippen LogP contribution in [0.5, 0.6) is 5.75 Å². The van der Waals surface area contributed by atoms with Gasteiger partial charge in [0.05, 0.1) is 16.8 Å². The highest BCUT2D eigenvalue weighted by molar-refractivity contribution is 6.33. The van der Waals surface area contributed by atoms with Crippen molar-refractivity contribution in [3.05, 3.63) is 47.2 Å². The number of ether oxygens (including phenoxy) is 1. The van der Waals surface area contributed by atoms with Gasteiger partial charge in [0.15, 0.2) is 0 Å². The van der Waals surface area contributed by atoms with Crippen molar-refractivity contribution in [2.75, 3.05) is 5.73 Å². The fourth-order valence-corrected chi connectivity index (χ4v) is 2.04. The van der Waals surface area contributed by atoms with Gasteiger partial charge < -0.3 is 10.5 Å². The van der Waals surface area contributed by atoms with Crippen molar-refractivity contribution in [1.82, 2.24) is 0 Å². The molecule has 0 aliphatic carbocycles. The van der Waals surface area contributed by atoms with Gasteiger partial charge >= 0.3 is 0 Å². The maximum atomic E-state index is 13.4. The lowest BCUT2D eigenvalue weighted by atomic mass is 10.0. The van der Waals surface area contributed by atoms with E-state index in [4.69, 9.17) is 22.1 Å². The van der Waals surface area contributed by atoms with Crippen LogP contribution in [-0.2, 0) is 0 Å². The summed E-state index contributed by atoms with van der Waals surface area (Å²) in [4.78, 5) is 0. The predicted octanol–water partition coefficient (Wildman–Crippen LogP) is 4.52. The molecule has 0 saturated heterocycles. The summed E-state index contributed by atoms with van der Waals surface area (Å²) in [6.07, 6.45) is 0.0729. The SMILES string of the molecule is CC(C)Oc1cccc(-c2cc(F)cc(Cl)c2N)c1. The van der Waals surface area contributed by atoms with Crippen LogP contribution in [0.4, 0.5) is 10.1 Å². The number of rotatable bonds is 3. The average Bonchev–Trinajstić information content (AvgIpc) is 2.33. The molecule has 0 radical (unpaired) electrons. The minimum atomic E-state index is -0.413. The smallest absolute Gasteiger partial charge is 0.125 e. The molecule has 19 heavy (non-hydrogen) atoms. The number of nitrogens with two attached hydrogens (primary N) is 1. The Bertz CT molecular complexity index is 599. The molecular weight excluding hydrogens is 265 g/mol. The Morgan fingerprint density at radius 2 is 1.95 bits per heavy atom. The zero-order valence-corrected chi connectivity index (χ0v) is 11.5. The topological polar surface area (TPSA) is 35.2 Å². The summed E-state index contributed by atoms with van der Waals surface area (Å²) in [6, 6.07) is 9.92. The number of benzene rings is 2. The Morgan fingerprint density at radius 3 is 2.63 bits per heavy atom. The molecule has 0 aliphatic heterocycles. The second kappa shape index (κ2) is 5.49. The Hall–Kier alpha value is -1.74. The largest absolute Gasteiger partial charge is 0.491 e. The molecule has 100 valence electrons. The van der Waals surface area contributed by atoms with Gasteiger partial charge in [0.25, 0.3) is 0 Å². The van der Waals surface area contributed by atoms with E-state index in [1.54, 1.807) is 0 Å². The molecule has 2 aromatic carbocycles. The van der Waals surface area contributed by atoms with E-state index in [9.17, 15) is 4.39 Å². The first-order chi connectivity index (χ1) is 8.97. The summed E-state index contributed by atoms with van der Waals surface area (Å²) < 4.78 is 19.0. The molecule has 0 saturated carbocycles. The Labute approximate surface area is 117 Å². The second-order valence-electron chi connectivity index (χ2n) is 4.54. The van der Waals surface area contributed by atoms with Crippen LogP contribution >= 0.6 is 11.6 Å². The monoisotopic (exact) mass is 279 g/mol. The standard InChI is InChI=1S/C15H15ClFNO/c1-9(2)19-12-5-3-4-10(6-12)13-7-11(17)8-14(16)15(13)18/h3-9H,18H2,1-2H3. The normalized spacial score (nSPS) is 10.8. The number of hydrogen-bond acceptors (Lipinski definition) is 2. The summed E-state index contributed by atoms with van der Waals surface area (Å²) >= 11 is 5.90. The lowest BCUT2D eigenvalue weighted by molar-refractivity contribution is 0.242. The first-order valence-electron chi connectivity index (χ1n) is 5.99. The van der Waals surface area contributed by atoms with Crippen molar-refractivity contribution in [2.24, 2.45) is 0 Å². The van der Waals surface area contributed by atoms with Gasteiger partial charge in [0.1, 0.15) is 11.6 Å². The molecular formula is C15H15ClFNO. The fourth-order valence-electron chi connectivity index (χ4n) is 1.83. The summed E-state index contributed by atoms with van der Waals surface area (Å²) in [6.45, 7) is 3.89. The van der Waals surface area contributed by atoms with Gasteiger partial charge in [-0.05, 0) is 43.7 Å². The third kappa shape index (κ3) is 3.18. The molecule has 0 bridgehead atoms. The summed E-state index contributed by atoms with van der Waals surface area (Å²) in [5, 5.41) is 0.213. The van der Waals surface area contributed by atoms with Gasteiger partial charge in [-0.25, -0.2) is 4.39 Å². The zero-order valence-electron chi connectivity index (χ0n) is 10.8. The predicted molar refractivity (Wildman–Crippen MR) is 77.0 cm³/mol. The molecule has 0 fully saturated rings. The van der Waals surface area contributed by atoms with Crippen molar-refractivity contribution >= 4 is 17.3 Å². The summed E-state index contributed by atoms with van der Waals surface area (Å²) in [7, 11) is 0. The Balaban J connectivity index is 2.47. The summed E-state index contributed by atoms with van der Waals surface area (Å²) in [5.74, 6) is 0.302. The van der Waals surface area contributed by atoms with Crippen LogP contribution in [0.15, 0.2) is 36.4 Å². The van der Waals surface area contributed by atoms with E-state index in [1.165, 1.54) is 12.1 Å². The molecule has 0 spiro atoms. The maximum Gasteiger partial charge on any atom is 0.125 e. The Kier molecular flexibility index (Phi) is 3.96. The van der Waals surface area contributed by atoms with Crippen molar-refractivity contribution < 1.29 is 9.13 Å². The third-order valence-corrected chi connectivity index (χ3v) is 2.92. The highest BCUT2D eigenvalue weighted by Gasteiger charge is 2.10. The highest BCUT2D eigenvalue weighted by Crippen LogP contribution is 2.34. The molecule has 0 amide bonds. The average molecular weight is 280 g/mol. The molecule has 0 unspecified atom stereocenters. The van der Waals surface area contributed by atoms with Gasteiger partial charge in [0.2, 0.25) is 0 Å². The van der Waals surface area contributed by atoms with Gasteiger partial charge in [0, 0.05) is 5.56 Å². The van der Waals surface area contributed by atoms with Crippen molar-refractivity contribution in [1.29, 1.82) is 0 Å². The lowest BCUT2D eigenvalue weighted by Gasteiger charge is -2.12. The van der Waals surface area contributed by atoms with Gasteiger partial charge in [-0.3, -0.25) is 0 Å².